The average Bonchev–Trinajstić information content (AvgIpc) is 2.79. The van der Waals surface area contributed by atoms with E-state index in [4.69, 9.17) is 9.47 Å². The molecule has 4 nitrogen and oxygen atoms in total. The van der Waals surface area contributed by atoms with Gasteiger partial charge in [0.25, 0.3) is 6.43 Å². The fourth-order valence-electron chi connectivity index (χ4n) is 2.83. The smallest absolute Gasteiger partial charge is 0.326 e. The molecular weight excluding hydrogens is 256 g/mol. The van der Waals surface area contributed by atoms with Crippen LogP contribution in [0.3, 0.4) is 0 Å². The Balaban J connectivity index is 2.52. The molecule has 6 heteroatoms. The van der Waals surface area contributed by atoms with Crippen LogP contribution in [-0.2, 0) is 14.3 Å². The molecule has 0 saturated heterocycles. The highest BCUT2D eigenvalue weighted by Crippen LogP contribution is 2.38. The molecule has 2 unspecified atom stereocenters. The van der Waals surface area contributed by atoms with Crippen LogP contribution in [0.1, 0.15) is 32.6 Å². The van der Waals surface area contributed by atoms with Gasteiger partial charge in [0.2, 0.25) is 0 Å². The van der Waals surface area contributed by atoms with Gasteiger partial charge in [-0.2, -0.15) is 0 Å². The molecule has 0 heterocycles. The number of hydrogen-bond acceptors (Lipinski definition) is 4. The molecule has 1 aliphatic rings. The second-order valence-corrected chi connectivity index (χ2v) is 4.79. The molecular formula is C13H23F2NO3. The van der Waals surface area contributed by atoms with Gasteiger partial charge in [-0.05, 0) is 39.2 Å². The molecule has 1 saturated carbocycles. The lowest BCUT2D eigenvalue weighted by molar-refractivity contribution is -0.153. The van der Waals surface area contributed by atoms with E-state index in [9.17, 15) is 13.6 Å². The molecule has 1 fully saturated rings. The van der Waals surface area contributed by atoms with E-state index >= 15 is 0 Å². The summed E-state index contributed by atoms with van der Waals surface area (Å²) in [7, 11) is 1.75. The number of ether oxygens (including phenoxy) is 2. The summed E-state index contributed by atoms with van der Waals surface area (Å²) >= 11 is 0. The second kappa shape index (κ2) is 7.75. The quantitative estimate of drug-likeness (QED) is 0.545. The fourth-order valence-corrected chi connectivity index (χ4v) is 2.83. The summed E-state index contributed by atoms with van der Waals surface area (Å²) < 4.78 is 34.0. The minimum absolute atomic E-state index is 0.0780. The number of likely N-dealkylation sites (N-methyl/N-ethyl adjacent to an activating group) is 1. The summed E-state index contributed by atoms with van der Waals surface area (Å²) in [5.74, 6) is -0.164. The van der Waals surface area contributed by atoms with Gasteiger partial charge in [-0.3, -0.25) is 4.79 Å². The summed E-state index contributed by atoms with van der Waals surface area (Å²) in [4.78, 5) is 12.1. The van der Waals surface area contributed by atoms with E-state index in [1.807, 2.05) is 0 Å². The average molecular weight is 279 g/mol. The lowest BCUT2D eigenvalue weighted by Gasteiger charge is -2.32. The molecule has 0 aromatic rings. The van der Waals surface area contributed by atoms with Crippen molar-refractivity contribution in [1.82, 2.24) is 5.32 Å². The Labute approximate surface area is 112 Å². The highest BCUT2D eigenvalue weighted by atomic mass is 19.3. The van der Waals surface area contributed by atoms with Gasteiger partial charge in [0, 0.05) is 6.61 Å². The first kappa shape index (κ1) is 16.3. The molecule has 2 atom stereocenters. The van der Waals surface area contributed by atoms with Crippen LogP contribution in [0.25, 0.3) is 0 Å². The zero-order chi connectivity index (χ0) is 14.3. The van der Waals surface area contributed by atoms with Crippen molar-refractivity contribution in [2.75, 3.05) is 26.9 Å². The molecule has 0 aliphatic heterocycles. The lowest BCUT2D eigenvalue weighted by atomic mass is 9.85. The fraction of sp³-hybridized carbons (Fsp3) is 0.923. The Morgan fingerprint density at radius 1 is 1.53 bits per heavy atom. The second-order valence-electron chi connectivity index (χ2n) is 4.79. The highest BCUT2D eigenvalue weighted by Gasteiger charge is 2.48. The number of esters is 1. The van der Waals surface area contributed by atoms with Crippen LogP contribution in [0, 0.1) is 5.92 Å². The van der Waals surface area contributed by atoms with Crippen molar-refractivity contribution in [2.24, 2.45) is 5.92 Å². The standard InChI is InChI=1S/C13H23F2NO3/c1-3-19-12(17)13(16-2)7-4-5-10(13)6-8-18-9-11(14)15/h10-11,16H,3-9H2,1-2H3. The van der Waals surface area contributed by atoms with Crippen LogP contribution in [0.2, 0.25) is 0 Å². The van der Waals surface area contributed by atoms with Crippen LogP contribution in [-0.4, -0.2) is 44.8 Å². The van der Waals surface area contributed by atoms with Gasteiger partial charge < -0.3 is 14.8 Å². The van der Waals surface area contributed by atoms with Crippen LogP contribution in [0.4, 0.5) is 8.78 Å². The van der Waals surface area contributed by atoms with Crippen molar-refractivity contribution in [3.05, 3.63) is 0 Å². The Morgan fingerprint density at radius 2 is 2.26 bits per heavy atom. The molecule has 0 amide bonds. The molecule has 0 aromatic carbocycles. The highest BCUT2D eigenvalue weighted by molar-refractivity contribution is 5.81. The van der Waals surface area contributed by atoms with Gasteiger partial charge in [0.1, 0.15) is 12.1 Å². The third-order valence-electron chi connectivity index (χ3n) is 3.76. The number of carbonyl (C=O) groups is 1. The molecule has 112 valence electrons. The number of halogens is 2. The van der Waals surface area contributed by atoms with Gasteiger partial charge in [0.05, 0.1) is 6.61 Å². The maximum atomic E-state index is 12.1. The first-order valence-electron chi connectivity index (χ1n) is 6.78. The van der Waals surface area contributed by atoms with Crippen LogP contribution < -0.4 is 5.32 Å². The maximum Gasteiger partial charge on any atom is 0.326 e. The minimum atomic E-state index is -2.44. The zero-order valence-electron chi connectivity index (χ0n) is 11.6. The van der Waals surface area contributed by atoms with E-state index in [2.05, 4.69) is 5.32 Å². The summed E-state index contributed by atoms with van der Waals surface area (Å²) in [6.45, 7) is 1.82. The van der Waals surface area contributed by atoms with Crippen LogP contribution in [0.5, 0.6) is 0 Å². The number of rotatable bonds is 8. The maximum absolute atomic E-state index is 12.1. The molecule has 19 heavy (non-hydrogen) atoms. The van der Waals surface area contributed by atoms with Crippen LogP contribution in [0.15, 0.2) is 0 Å². The Kier molecular flexibility index (Phi) is 6.65. The summed E-state index contributed by atoms with van der Waals surface area (Å²) in [5.41, 5.74) is -0.676. The Morgan fingerprint density at radius 3 is 2.84 bits per heavy atom. The van der Waals surface area contributed by atoms with Crippen molar-refractivity contribution in [1.29, 1.82) is 0 Å². The van der Waals surface area contributed by atoms with Crippen molar-refractivity contribution in [2.45, 2.75) is 44.6 Å². The Hall–Kier alpha value is -0.750. The molecule has 0 spiro atoms. The van der Waals surface area contributed by atoms with Gasteiger partial charge in [-0.1, -0.05) is 6.42 Å². The van der Waals surface area contributed by atoms with Gasteiger partial charge in [0.15, 0.2) is 0 Å². The third-order valence-corrected chi connectivity index (χ3v) is 3.76. The summed E-state index contributed by atoms with van der Waals surface area (Å²) in [6.07, 6.45) is 0.688. The predicted molar refractivity (Wildman–Crippen MR) is 67.2 cm³/mol. The van der Waals surface area contributed by atoms with Gasteiger partial charge in [-0.25, -0.2) is 8.78 Å². The largest absolute Gasteiger partial charge is 0.465 e. The van der Waals surface area contributed by atoms with Gasteiger partial charge >= 0.3 is 5.97 Å². The molecule has 0 radical (unpaired) electrons. The number of nitrogens with one attached hydrogen (secondary N) is 1. The minimum Gasteiger partial charge on any atom is -0.465 e. The zero-order valence-corrected chi connectivity index (χ0v) is 11.6. The van der Waals surface area contributed by atoms with E-state index in [1.54, 1.807) is 14.0 Å². The molecule has 1 aliphatic carbocycles. The van der Waals surface area contributed by atoms with E-state index in [0.29, 0.717) is 13.0 Å². The monoisotopic (exact) mass is 279 g/mol. The van der Waals surface area contributed by atoms with Crippen LogP contribution >= 0.6 is 0 Å². The van der Waals surface area contributed by atoms with E-state index < -0.39 is 18.6 Å². The number of carbonyl (C=O) groups excluding carboxylic acids is 1. The number of alkyl halides is 2. The van der Waals surface area contributed by atoms with Gasteiger partial charge in [-0.15, -0.1) is 0 Å². The SMILES string of the molecule is CCOC(=O)C1(NC)CCCC1CCOCC(F)F. The van der Waals surface area contributed by atoms with Crippen molar-refractivity contribution in [3.8, 4) is 0 Å². The molecule has 1 rings (SSSR count). The summed E-state index contributed by atoms with van der Waals surface area (Å²) in [6, 6.07) is 0. The normalized spacial score (nSPS) is 26.9. The number of hydrogen-bond donors (Lipinski definition) is 1. The van der Waals surface area contributed by atoms with Crippen molar-refractivity contribution >= 4 is 5.97 Å². The lowest BCUT2D eigenvalue weighted by Crippen LogP contribution is -2.54. The first-order valence-corrected chi connectivity index (χ1v) is 6.78. The first-order chi connectivity index (χ1) is 9.06. The molecule has 0 bridgehead atoms. The van der Waals surface area contributed by atoms with E-state index in [-0.39, 0.29) is 18.5 Å². The van der Waals surface area contributed by atoms with E-state index in [1.165, 1.54) is 0 Å². The van der Waals surface area contributed by atoms with Crippen molar-refractivity contribution in [3.63, 3.8) is 0 Å². The topological polar surface area (TPSA) is 47.6 Å². The molecule has 1 N–H and O–H groups in total. The Bertz CT molecular complexity index is 289. The third kappa shape index (κ3) is 4.11. The van der Waals surface area contributed by atoms with E-state index in [0.717, 1.165) is 19.3 Å². The van der Waals surface area contributed by atoms with Crippen molar-refractivity contribution < 1.29 is 23.0 Å². The predicted octanol–water partition coefficient (Wildman–Crippen LogP) is 1.98. The molecule has 0 aromatic heterocycles. The summed E-state index contributed by atoms with van der Waals surface area (Å²) in [5, 5.41) is 3.08.